The predicted octanol–water partition coefficient (Wildman–Crippen LogP) is 3.05. The second-order valence-corrected chi connectivity index (χ2v) is 5.91. The van der Waals surface area contributed by atoms with E-state index in [1.54, 1.807) is 20.4 Å². The Bertz CT molecular complexity index is 732. The zero-order valence-electron chi connectivity index (χ0n) is 16.0. The summed E-state index contributed by atoms with van der Waals surface area (Å²) in [5.74, 6) is 2.24. The topological polar surface area (TPSA) is 67.8 Å². The van der Waals surface area contributed by atoms with Gasteiger partial charge in [-0.1, -0.05) is 25.1 Å². The highest BCUT2D eigenvalue weighted by Crippen LogP contribution is 2.20. The molecule has 26 heavy (non-hydrogen) atoms. The molecule has 0 aliphatic carbocycles. The molecule has 2 aromatic rings. The van der Waals surface area contributed by atoms with Gasteiger partial charge in [0.25, 0.3) is 0 Å². The van der Waals surface area contributed by atoms with E-state index < -0.39 is 0 Å². The number of pyridine rings is 1. The first-order valence-electron chi connectivity index (χ1n) is 8.82. The molecule has 0 atom stereocenters. The number of hydrogen-bond donors (Lipinski definition) is 2. The molecule has 0 amide bonds. The Kier molecular flexibility index (Phi) is 7.74. The van der Waals surface area contributed by atoms with Gasteiger partial charge in [0.05, 0.1) is 13.7 Å². The van der Waals surface area contributed by atoms with Crippen LogP contribution in [0.4, 0.5) is 0 Å². The van der Waals surface area contributed by atoms with Crippen molar-refractivity contribution < 1.29 is 9.47 Å². The van der Waals surface area contributed by atoms with Crippen LogP contribution in [0.15, 0.2) is 41.5 Å². The summed E-state index contributed by atoms with van der Waals surface area (Å²) in [6.07, 6.45) is 2.70. The van der Waals surface area contributed by atoms with Crippen LogP contribution in [-0.2, 0) is 13.1 Å². The highest BCUT2D eigenvalue weighted by atomic mass is 16.5. The summed E-state index contributed by atoms with van der Waals surface area (Å²) in [5, 5.41) is 6.61. The lowest BCUT2D eigenvalue weighted by molar-refractivity contribution is 0.313. The number of nitrogens with zero attached hydrogens (tertiary/aromatic N) is 2. The molecule has 0 aliphatic heterocycles. The van der Waals surface area contributed by atoms with Gasteiger partial charge in [0.1, 0.15) is 5.75 Å². The molecule has 0 spiro atoms. The van der Waals surface area contributed by atoms with Crippen LogP contribution in [0.1, 0.15) is 30.0 Å². The molecule has 0 unspecified atom stereocenters. The standard InChI is InChI=1S/C20H28N4O2/c1-5-11-26-18-12-15(2)8-9-16(18)13-23-20(21-3)24-14-17-7-6-10-22-19(17)25-4/h6-10,12H,5,11,13-14H2,1-4H3,(H2,21,23,24). The number of nitrogens with one attached hydrogen (secondary N) is 2. The van der Waals surface area contributed by atoms with Crippen molar-refractivity contribution in [3.05, 3.63) is 53.2 Å². The second kappa shape index (κ2) is 10.3. The minimum atomic E-state index is 0.573. The van der Waals surface area contributed by atoms with E-state index in [-0.39, 0.29) is 0 Å². The molecule has 2 N–H and O–H groups in total. The van der Waals surface area contributed by atoms with Crippen LogP contribution in [-0.4, -0.2) is 31.7 Å². The third kappa shape index (κ3) is 5.65. The Hall–Kier alpha value is -2.76. The molecule has 140 valence electrons. The largest absolute Gasteiger partial charge is 0.493 e. The summed E-state index contributed by atoms with van der Waals surface area (Å²) in [4.78, 5) is 8.48. The van der Waals surface area contributed by atoms with Gasteiger partial charge in [0.15, 0.2) is 5.96 Å². The third-order valence-electron chi connectivity index (χ3n) is 3.84. The van der Waals surface area contributed by atoms with Gasteiger partial charge < -0.3 is 20.1 Å². The fourth-order valence-electron chi connectivity index (χ4n) is 2.48. The second-order valence-electron chi connectivity index (χ2n) is 5.91. The van der Waals surface area contributed by atoms with Crippen LogP contribution in [0.3, 0.4) is 0 Å². The summed E-state index contributed by atoms with van der Waals surface area (Å²) in [6, 6.07) is 10.1. The molecule has 2 rings (SSSR count). The first-order valence-corrected chi connectivity index (χ1v) is 8.82. The molecular formula is C20H28N4O2. The maximum atomic E-state index is 5.87. The number of aliphatic imine (C=N–C) groups is 1. The molecule has 0 bridgehead atoms. The Balaban J connectivity index is 1.97. The third-order valence-corrected chi connectivity index (χ3v) is 3.84. The minimum absolute atomic E-state index is 0.573. The van der Waals surface area contributed by atoms with Crippen LogP contribution in [0.2, 0.25) is 0 Å². The minimum Gasteiger partial charge on any atom is -0.493 e. The number of benzene rings is 1. The highest BCUT2D eigenvalue weighted by molar-refractivity contribution is 5.79. The molecule has 1 aromatic carbocycles. The van der Waals surface area contributed by atoms with Gasteiger partial charge in [-0.05, 0) is 31.0 Å². The average molecular weight is 356 g/mol. The quantitative estimate of drug-likeness (QED) is 0.562. The molecule has 0 saturated heterocycles. The Morgan fingerprint density at radius 3 is 2.62 bits per heavy atom. The number of hydrogen-bond acceptors (Lipinski definition) is 4. The van der Waals surface area contributed by atoms with Crippen molar-refractivity contribution in [2.45, 2.75) is 33.4 Å². The van der Waals surface area contributed by atoms with Gasteiger partial charge in [-0.15, -0.1) is 0 Å². The van der Waals surface area contributed by atoms with Gasteiger partial charge in [0.2, 0.25) is 5.88 Å². The van der Waals surface area contributed by atoms with Gasteiger partial charge in [-0.2, -0.15) is 0 Å². The zero-order valence-corrected chi connectivity index (χ0v) is 16.0. The molecule has 0 radical (unpaired) electrons. The highest BCUT2D eigenvalue weighted by Gasteiger charge is 2.07. The molecule has 1 aromatic heterocycles. The van der Waals surface area contributed by atoms with Gasteiger partial charge >= 0.3 is 0 Å². The first-order chi connectivity index (χ1) is 12.7. The van der Waals surface area contributed by atoms with Crippen LogP contribution >= 0.6 is 0 Å². The number of methoxy groups -OCH3 is 1. The summed E-state index contributed by atoms with van der Waals surface area (Å²) < 4.78 is 11.1. The van der Waals surface area contributed by atoms with E-state index in [2.05, 4.69) is 52.7 Å². The van der Waals surface area contributed by atoms with Crippen molar-refractivity contribution in [2.24, 2.45) is 4.99 Å². The smallest absolute Gasteiger partial charge is 0.218 e. The van der Waals surface area contributed by atoms with E-state index in [0.717, 1.165) is 23.3 Å². The molecule has 1 heterocycles. The van der Waals surface area contributed by atoms with E-state index in [1.807, 2.05) is 12.1 Å². The summed E-state index contributed by atoms with van der Waals surface area (Å²) >= 11 is 0. The number of guanidine groups is 1. The lowest BCUT2D eigenvalue weighted by atomic mass is 10.1. The summed E-state index contributed by atoms with van der Waals surface area (Å²) in [7, 11) is 3.37. The SMILES string of the molecule is CCCOc1cc(C)ccc1CNC(=NC)NCc1cccnc1OC. The fourth-order valence-corrected chi connectivity index (χ4v) is 2.48. The predicted molar refractivity (Wildman–Crippen MR) is 105 cm³/mol. The Morgan fingerprint density at radius 2 is 1.92 bits per heavy atom. The van der Waals surface area contributed by atoms with E-state index >= 15 is 0 Å². The van der Waals surface area contributed by atoms with Crippen LogP contribution in [0.25, 0.3) is 0 Å². The zero-order chi connectivity index (χ0) is 18.8. The fraction of sp³-hybridized carbons (Fsp3) is 0.400. The molecule has 6 heteroatoms. The van der Waals surface area contributed by atoms with Crippen LogP contribution < -0.4 is 20.1 Å². The van der Waals surface area contributed by atoms with Crippen LogP contribution in [0, 0.1) is 6.92 Å². The molecule has 0 aliphatic rings. The Labute approximate surface area is 155 Å². The maximum absolute atomic E-state index is 5.87. The van der Waals surface area contributed by atoms with Crippen molar-refractivity contribution in [3.63, 3.8) is 0 Å². The van der Waals surface area contributed by atoms with E-state index in [0.29, 0.717) is 31.5 Å². The molecule has 0 saturated carbocycles. The van der Waals surface area contributed by atoms with Crippen molar-refractivity contribution in [2.75, 3.05) is 20.8 Å². The lowest BCUT2D eigenvalue weighted by Crippen LogP contribution is -2.36. The number of ether oxygens (including phenoxy) is 2. The van der Waals surface area contributed by atoms with Gasteiger partial charge in [-0.3, -0.25) is 4.99 Å². The van der Waals surface area contributed by atoms with Crippen LogP contribution in [0.5, 0.6) is 11.6 Å². The number of rotatable bonds is 8. The van der Waals surface area contributed by atoms with E-state index in [9.17, 15) is 0 Å². The molecular weight excluding hydrogens is 328 g/mol. The number of aromatic nitrogens is 1. The van der Waals surface area contributed by atoms with Crippen molar-refractivity contribution in [1.82, 2.24) is 15.6 Å². The van der Waals surface area contributed by atoms with E-state index in [4.69, 9.17) is 9.47 Å². The average Bonchev–Trinajstić information content (AvgIpc) is 2.67. The van der Waals surface area contributed by atoms with E-state index in [1.165, 1.54) is 5.56 Å². The van der Waals surface area contributed by atoms with Gasteiger partial charge in [-0.25, -0.2) is 4.98 Å². The van der Waals surface area contributed by atoms with Crippen molar-refractivity contribution >= 4 is 5.96 Å². The van der Waals surface area contributed by atoms with Gasteiger partial charge in [0, 0.05) is 37.5 Å². The Morgan fingerprint density at radius 1 is 1.15 bits per heavy atom. The molecule has 0 fully saturated rings. The van der Waals surface area contributed by atoms with Crippen molar-refractivity contribution in [1.29, 1.82) is 0 Å². The normalized spacial score (nSPS) is 11.2. The summed E-state index contributed by atoms with van der Waals surface area (Å²) in [5.41, 5.74) is 3.26. The first kappa shape index (κ1) is 19.6. The maximum Gasteiger partial charge on any atom is 0.218 e. The number of aryl methyl sites for hydroxylation is 1. The summed E-state index contributed by atoms with van der Waals surface area (Å²) in [6.45, 7) is 6.08. The molecule has 6 nitrogen and oxygen atoms in total. The van der Waals surface area contributed by atoms with Crippen molar-refractivity contribution in [3.8, 4) is 11.6 Å². The monoisotopic (exact) mass is 356 g/mol. The lowest BCUT2D eigenvalue weighted by Gasteiger charge is -2.16.